The van der Waals surface area contributed by atoms with Crippen molar-refractivity contribution in [1.29, 1.82) is 0 Å². The van der Waals surface area contributed by atoms with Crippen LogP contribution in [0.4, 0.5) is 0 Å². The Bertz CT molecular complexity index is 436. The van der Waals surface area contributed by atoms with Crippen LogP contribution in [0.5, 0.6) is 0 Å². The summed E-state index contributed by atoms with van der Waals surface area (Å²) in [6, 6.07) is 1.75. The van der Waals surface area contributed by atoms with Gasteiger partial charge in [0.05, 0.1) is 13.2 Å². The van der Waals surface area contributed by atoms with Crippen molar-refractivity contribution in [1.82, 2.24) is 20.4 Å². The fourth-order valence-electron chi connectivity index (χ4n) is 2.20. The van der Waals surface area contributed by atoms with Crippen molar-refractivity contribution >= 4 is 5.91 Å². The third-order valence-corrected chi connectivity index (χ3v) is 3.49. The molecule has 6 nitrogen and oxygen atoms in total. The van der Waals surface area contributed by atoms with Crippen molar-refractivity contribution in [3.63, 3.8) is 0 Å². The van der Waals surface area contributed by atoms with E-state index >= 15 is 0 Å². The van der Waals surface area contributed by atoms with Gasteiger partial charge >= 0.3 is 0 Å². The van der Waals surface area contributed by atoms with Crippen LogP contribution in [0.1, 0.15) is 30.0 Å². The van der Waals surface area contributed by atoms with Crippen molar-refractivity contribution in [3.8, 4) is 0 Å². The van der Waals surface area contributed by atoms with Gasteiger partial charge in [-0.3, -0.25) is 14.8 Å². The minimum Gasteiger partial charge on any atom is -0.379 e. The molecule has 1 amide bonds. The molecule has 0 aromatic carbocycles. The maximum Gasteiger partial charge on any atom is 0.271 e. The van der Waals surface area contributed by atoms with Crippen LogP contribution in [-0.4, -0.2) is 59.4 Å². The number of morpholine rings is 1. The second-order valence-electron chi connectivity index (χ2n) is 5.53. The topological polar surface area (TPSA) is 70.2 Å². The number of hydrogen-bond donors (Lipinski definition) is 2. The average molecular weight is 266 g/mol. The summed E-state index contributed by atoms with van der Waals surface area (Å²) < 4.78 is 5.35. The van der Waals surface area contributed by atoms with Crippen molar-refractivity contribution in [2.45, 2.75) is 26.3 Å². The Balaban J connectivity index is 1.88. The van der Waals surface area contributed by atoms with E-state index in [0.29, 0.717) is 12.2 Å². The molecule has 0 atom stereocenters. The monoisotopic (exact) mass is 266 g/mol. The number of ether oxygens (including phenoxy) is 1. The molecule has 6 heteroatoms. The molecule has 0 saturated carbocycles. The average Bonchev–Trinajstić information content (AvgIpc) is 2.84. The van der Waals surface area contributed by atoms with Gasteiger partial charge in [0.15, 0.2) is 0 Å². The molecule has 0 radical (unpaired) electrons. The van der Waals surface area contributed by atoms with Crippen molar-refractivity contribution in [3.05, 3.63) is 17.5 Å². The van der Waals surface area contributed by atoms with Crippen molar-refractivity contribution in [2.75, 3.05) is 32.8 Å². The number of aromatic nitrogens is 2. The van der Waals surface area contributed by atoms with Crippen LogP contribution in [0, 0.1) is 6.92 Å². The third kappa shape index (κ3) is 3.54. The highest BCUT2D eigenvalue weighted by atomic mass is 16.5. The molecule has 2 rings (SSSR count). The lowest BCUT2D eigenvalue weighted by molar-refractivity contribution is -0.00924. The highest BCUT2D eigenvalue weighted by Crippen LogP contribution is 2.15. The molecule has 19 heavy (non-hydrogen) atoms. The lowest BCUT2D eigenvalue weighted by Gasteiger charge is -2.40. The van der Waals surface area contributed by atoms with Crippen LogP contribution in [0.15, 0.2) is 6.07 Å². The Morgan fingerprint density at radius 1 is 1.53 bits per heavy atom. The number of rotatable bonds is 4. The molecular weight excluding hydrogens is 244 g/mol. The van der Waals surface area contributed by atoms with E-state index in [1.54, 1.807) is 6.07 Å². The fourth-order valence-corrected chi connectivity index (χ4v) is 2.20. The molecule has 2 N–H and O–H groups in total. The van der Waals surface area contributed by atoms with Gasteiger partial charge in [-0.15, -0.1) is 0 Å². The second-order valence-corrected chi connectivity index (χ2v) is 5.53. The fraction of sp³-hybridized carbons (Fsp3) is 0.692. The van der Waals surface area contributed by atoms with E-state index in [9.17, 15) is 4.79 Å². The Morgan fingerprint density at radius 3 is 2.79 bits per heavy atom. The number of aromatic amines is 1. The van der Waals surface area contributed by atoms with Gasteiger partial charge in [0.1, 0.15) is 5.69 Å². The largest absolute Gasteiger partial charge is 0.379 e. The molecule has 1 aliphatic rings. The summed E-state index contributed by atoms with van der Waals surface area (Å²) in [7, 11) is 0. The number of nitrogens with zero attached hydrogens (tertiary/aromatic N) is 2. The van der Waals surface area contributed by atoms with Gasteiger partial charge in [-0.2, -0.15) is 5.10 Å². The zero-order valence-corrected chi connectivity index (χ0v) is 11.8. The summed E-state index contributed by atoms with van der Waals surface area (Å²) in [6.45, 7) is 10.1. The van der Waals surface area contributed by atoms with Gasteiger partial charge in [0.25, 0.3) is 5.91 Å². The predicted octanol–water partition coefficient (Wildman–Crippen LogP) is 0.559. The Morgan fingerprint density at radius 2 is 2.21 bits per heavy atom. The minimum absolute atomic E-state index is 0.0786. The van der Waals surface area contributed by atoms with Crippen molar-refractivity contribution in [2.24, 2.45) is 0 Å². The van der Waals surface area contributed by atoms with E-state index in [2.05, 4.69) is 34.3 Å². The standard InChI is InChI=1S/C13H22N4O2/c1-10-8-11(16-15-10)12(18)14-9-13(2,3)17-4-6-19-7-5-17/h8H,4-7,9H2,1-3H3,(H,14,18)(H,15,16). The molecule has 2 heterocycles. The summed E-state index contributed by atoms with van der Waals surface area (Å²) >= 11 is 0. The molecule has 0 aliphatic carbocycles. The summed E-state index contributed by atoms with van der Waals surface area (Å²) in [5.41, 5.74) is 1.25. The molecule has 1 aromatic heterocycles. The SMILES string of the molecule is Cc1cc(C(=O)NCC(C)(C)N2CCOCC2)n[nH]1. The van der Waals surface area contributed by atoms with E-state index in [4.69, 9.17) is 4.74 Å². The highest BCUT2D eigenvalue weighted by Gasteiger charge is 2.28. The number of carbonyl (C=O) groups excluding carboxylic acids is 1. The molecule has 1 aromatic rings. The van der Waals surface area contributed by atoms with Gasteiger partial charge in [0.2, 0.25) is 0 Å². The molecule has 106 valence electrons. The van der Waals surface area contributed by atoms with Crippen LogP contribution in [0.25, 0.3) is 0 Å². The lowest BCUT2D eigenvalue weighted by Crippen LogP contribution is -2.55. The number of carbonyl (C=O) groups is 1. The molecule has 0 unspecified atom stereocenters. The Hall–Kier alpha value is -1.40. The predicted molar refractivity (Wildman–Crippen MR) is 72.1 cm³/mol. The van der Waals surface area contributed by atoms with Crippen LogP contribution >= 0.6 is 0 Å². The smallest absolute Gasteiger partial charge is 0.271 e. The zero-order chi connectivity index (χ0) is 13.9. The third-order valence-electron chi connectivity index (χ3n) is 3.49. The van der Waals surface area contributed by atoms with Gasteiger partial charge in [-0.25, -0.2) is 0 Å². The van der Waals surface area contributed by atoms with Crippen LogP contribution in [0.2, 0.25) is 0 Å². The Kier molecular flexibility index (Phi) is 4.21. The van der Waals surface area contributed by atoms with Gasteiger partial charge < -0.3 is 10.1 Å². The van der Waals surface area contributed by atoms with E-state index in [1.807, 2.05) is 6.92 Å². The van der Waals surface area contributed by atoms with Crippen LogP contribution in [0.3, 0.4) is 0 Å². The van der Waals surface area contributed by atoms with Gasteiger partial charge in [-0.05, 0) is 26.8 Å². The highest BCUT2D eigenvalue weighted by molar-refractivity contribution is 5.92. The summed E-state index contributed by atoms with van der Waals surface area (Å²) in [4.78, 5) is 14.3. The summed E-state index contributed by atoms with van der Waals surface area (Å²) in [5, 5.41) is 9.68. The first-order valence-electron chi connectivity index (χ1n) is 6.62. The van der Waals surface area contributed by atoms with Crippen molar-refractivity contribution < 1.29 is 9.53 Å². The van der Waals surface area contributed by atoms with Gasteiger partial charge in [0, 0.05) is 30.9 Å². The normalized spacial score (nSPS) is 17.4. The first-order chi connectivity index (χ1) is 8.99. The molecule has 0 spiro atoms. The number of aryl methyl sites for hydroxylation is 1. The number of nitrogens with one attached hydrogen (secondary N) is 2. The zero-order valence-electron chi connectivity index (χ0n) is 11.8. The number of H-pyrrole nitrogens is 1. The number of hydrogen-bond acceptors (Lipinski definition) is 4. The lowest BCUT2D eigenvalue weighted by atomic mass is 10.0. The summed E-state index contributed by atoms with van der Waals surface area (Å²) in [5.74, 6) is -0.134. The Labute approximate surface area is 113 Å². The first kappa shape index (κ1) is 14.0. The van der Waals surface area contributed by atoms with E-state index < -0.39 is 0 Å². The molecule has 1 saturated heterocycles. The van der Waals surface area contributed by atoms with Gasteiger partial charge in [-0.1, -0.05) is 0 Å². The van der Waals surface area contributed by atoms with Crippen LogP contribution < -0.4 is 5.32 Å². The van der Waals surface area contributed by atoms with E-state index in [-0.39, 0.29) is 11.4 Å². The maximum absolute atomic E-state index is 12.0. The molecule has 0 bridgehead atoms. The van der Waals surface area contributed by atoms with E-state index in [0.717, 1.165) is 32.0 Å². The first-order valence-corrected chi connectivity index (χ1v) is 6.62. The maximum atomic E-state index is 12.0. The summed E-state index contributed by atoms with van der Waals surface area (Å²) in [6.07, 6.45) is 0. The molecule has 1 aliphatic heterocycles. The quantitative estimate of drug-likeness (QED) is 0.835. The second kappa shape index (κ2) is 5.71. The van der Waals surface area contributed by atoms with E-state index in [1.165, 1.54) is 0 Å². The molecule has 1 fully saturated rings. The number of amides is 1. The minimum atomic E-state index is -0.134. The molecular formula is C13H22N4O2. The van der Waals surface area contributed by atoms with Crippen LogP contribution in [-0.2, 0) is 4.74 Å².